The minimum Gasteiger partial charge on any atom is -0.452 e. The fraction of sp³-hybridized carbons (Fsp3) is 0.261. The number of amides is 1. The summed E-state index contributed by atoms with van der Waals surface area (Å²) < 4.78 is 5.28. The normalized spacial score (nSPS) is 11.3. The molecule has 5 heteroatoms. The lowest BCUT2D eigenvalue weighted by atomic mass is 10.0. The number of aromatic nitrogens is 1. The van der Waals surface area contributed by atoms with Gasteiger partial charge >= 0.3 is 5.97 Å². The van der Waals surface area contributed by atoms with Crippen LogP contribution in [0.4, 0.5) is 0 Å². The molecule has 0 atom stereocenters. The number of nitrogens with zero attached hydrogens (tertiary/aromatic N) is 1. The summed E-state index contributed by atoms with van der Waals surface area (Å²) >= 11 is 0. The van der Waals surface area contributed by atoms with Crippen LogP contribution >= 0.6 is 0 Å². The highest BCUT2D eigenvalue weighted by molar-refractivity contribution is 6.05. The van der Waals surface area contributed by atoms with Gasteiger partial charge in [-0.05, 0) is 39.8 Å². The molecule has 0 aliphatic heterocycles. The van der Waals surface area contributed by atoms with E-state index in [-0.39, 0.29) is 18.1 Å². The summed E-state index contributed by atoms with van der Waals surface area (Å²) in [6.45, 7) is 7.31. The van der Waals surface area contributed by atoms with E-state index in [0.717, 1.165) is 11.1 Å². The molecule has 1 amide bonds. The number of ether oxygens (including phenoxy) is 1. The molecule has 0 bridgehead atoms. The number of benzene rings is 2. The average Bonchev–Trinajstić information content (AvgIpc) is 2.64. The molecule has 144 valence electrons. The Bertz CT molecular complexity index is 1020. The predicted octanol–water partition coefficient (Wildman–Crippen LogP) is 4.28. The van der Waals surface area contributed by atoms with E-state index in [1.165, 1.54) is 0 Å². The second-order valence-electron chi connectivity index (χ2n) is 7.81. The number of carbonyl (C=O) groups excluding carboxylic acids is 2. The Morgan fingerprint density at radius 3 is 2.39 bits per heavy atom. The Balaban J connectivity index is 1.91. The van der Waals surface area contributed by atoms with Crippen LogP contribution < -0.4 is 5.32 Å². The molecule has 1 heterocycles. The number of nitrogens with one attached hydrogen (secondary N) is 1. The molecule has 0 saturated carbocycles. The molecule has 3 aromatic rings. The average molecular weight is 376 g/mol. The molecule has 3 rings (SSSR count). The number of fused-ring (bicyclic) bond motifs is 1. The summed E-state index contributed by atoms with van der Waals surface area (Å²) in [7, 11) is 0. The Kier molecular flexibility index (Phi) is 5.45. The molecule has 2 aromatic carbocycles. The maximum atomic E-state index is 12.7. The molecule has 1 N–H and O–H groups in total. The maximum Gasteiger partial charge on any atom is 0.339 e. The first-order valence-corrected chi connectivity index (χ1v) is 9.18. The predicted molar refractivity (Wildman–Crippen MR) is 110 cm³/mol. The van der Waals surface area contributed by atoms with Crippen molar-refractivity contribution in [3.05, 3.63) is 65.7 Å². The number of hydrogen-bond acceptors (Lipinski definition) is 4. The summed E-state index contributed by atoms with van der Waals surface area (Å²) in [5, 5.41) is 3.47. The Morgan fingerprint density at radius 2 is 1.71 bits per heavy atom. The summed E-state index contributed by atoms with van der Waals surface area (Å²) in [5.74, 6) is -0.881. The van der Waals surface area contributed by atoms with Gasteiger partial charge in [0.05, 0.1) is 16.8 Å². The standard InChI is InChI=1S/C23H24N2O3/c1-15-9-11-16(12-10-15)20-13-18(17-7-5-6-8-19(17)24-20)22(27)28-14-21(26)25-23(2,3)4/h5-13H,14H2,1-4H3,(H,25,26). The van der Waals surface area contributed by atoms with Gasteiger partial charge in [-0.2, -0.15) is 0 Å². The highest BCUT2D eigenvalue weighted by atomic mass is 16.5. The number of rotatable bonds is 4. The van der Waals surface area contributed by atoms with Gasteiger partial charge < -0.3 is 10.1 Å². The van der Waals surface area contributed by atoms with Crippen molar-refractivity contribution in [2.75, 3.05) is 6.61 Å². The van der Waals surface area contributed by atoms with Crippen molar-refractivity contribution in [3.63, 3.8) is 0 Å². The number of esters is 1. The topological polar surface area (TPSA) is 68.3 Å². The van der Waals surface area contributed by atoms with Crippen LogP contribution in [-0.2, 0) is 9.53 Å². The third-order valence-corrected chi connectivity index (χ3v) is 4.13. The van der Waals surface area contributed by atoms with Crippen molar-refractivity contribution < 1.29 is 14.3 Å². The first-order valence-electron chi connectivity index (χ1n) is 9.18. The zero-order chi connectivity index (χ0) is 20.3. The summed E-state index contributed by atoms with van der Waals surface area (Å²) in [5.41, 5.74) is 3.46. The number of aryl methyl sites for hydroxylation is 1. The van der Waals surface area contributed by atoms with Crippen molar-refractivity contribution in [1.82, 2.24) is 10.3 Å². The molecule has 0 aliphatic carbocycles. The Morgan fingerprint density at radius 1 is 1.04 bits per heavy atom. The number of hydrogen-bond donors (Lipinski definition) is 1. The molecular formula is C23H24N2O3. The molecule has 0 fully saturated rings. The lowest BCUT2D eigenvalue weighted by molar-refractivity contribution is -0.125. The second kappa shape index (κ2) is 7.80. The zero-order valence-corrected chi connectivity index (χ0v) is 16.6. The molecule has 0 radical (unpaired) electrons. The van der Waals surface area contributed by atoms with Crippen LogP contribution in [0.25, 0.3) is 22.2 Å². The zero-order valence-electron chi connectivity index (χ0n) is 16.6. The van der Waals surface area contributed by atoms with Gasteiger partial charge in [-0.15, -0.1) is 0 Å². The molecule has 0 aliphatic rings. The van der Waals surface area contributed by atoms with Gasteiger partial charge in [0.2, 0.25) is 0 Å². The van der Waals surface area contributed by atoms with E-state index < -0.39 is 5.97 Å². The molecule has 0 spiro atoms. The molecule has 0 unspecified atom stereocenters. The van der Waals surface area contributed by atoms with Crippen LogP contribution in [0.1, 0.15) is 36.7 Å². The lowest BCUT2D eigenvalue weighted by Crippen LogP contribution is -2.42. The highest BCUT2D eigenvalue weighted by Gasteiger charge is 2.18. The molecule has 0 saturated heterocycles. The monoisotopic (exact) mass is 376 g/mol. The highest BCUT2D eigenvalue weighted by Crippen LogP contribution is 2.25. The van der Waals surface area contributed by atoms with E-state index in [1.807, 2.05) is 76.2 Å². The summed E-state index contributed by atoms with van der Waals surface area (Å²) in [6.07, 6.45) is 0. The van der Waals surface area contributed by atoms with E-state index in [1.54, 1.807) is 6.07 Å². The minimum atomic E-state index is -0.545. The molecular weight excluding hydrogens is 352 g/mol. The quantitative estimate of drug-likeness (QED) is 0.690. The van der Waals surface area contributed by atoms with Crippen molar-refractivity contribution in [2.24, 2.45) is 0 Å². The molecule has 28 heavy (non-hydrogen) atoms. The fourth-order valence-electron chi connectivity index (χ4n) is 2.88. The maximum absolute atomic E-state index is 12.7. The van der Waals surface area contributed by atoms with Crippen molar-refractivity contribution in [2.45, 2.75) is 33.2 Å². The van der Waals surface area contributed by atoms with E-state index >= 15 is 0 Å². The first kappa shape index (κ1) is 19.5. The van der Waals surface area contributed by atoms with Gasteiger partial charge in [0, 0.05) is 16.5 Å². The number of carbonyl (C=O) groups is 2. The van der Waals surface area contributed by atoms with Crippen LogP contribution in [-0.4, -0.2) is 29.0 Å². The van der Waals surface area contributed by atoms with Crippen LogP contribution in [0, 0.1) is 6.92 Å². The van der Waals surface area contributed by atoms with Crippen molar-refractivity contribution in [3.8, 4) is 11.3 Å². The van der Waals surface area contributed by atoms with Gasteiger partial charge in [0.1, 0.15) is 0 Å². The van der Waals surface area contributed by atoms with Crippen molar-refractivity contribution >= 4 is 22.8 Å². The Hall–Kier alpha value is -3.21. The van der Waals surface area contributed by atoms with E-state index in [4.69, 9.17) is 4.74 Å². The SMILES string of the molecule is Cc1ccc(-c2cc(C(=O)OCC(=O)NC(C)(C)C)c3ccccc3n2)cc1. The molecule has 5 nitrogen and oxygen atoms in total. The van der Waals surface area contributed by atoms with Gasteiger partial charge in [0.15, 0.2) is 6.61 Å². The van der Waals surface area contributed by atoms with Crippen LogP contribution in [0.5, 0.6) is 0 Å². The van der Waals surface area contributed by atoms with E-state index in [0.29, 0.717) is 22.2 Å². The van der Waals surface area contributed by atoms with Crippen molar-refractivity contribution in [1.29, 1.82) is 0 Å². The third-order valence-electron chi connectivity index (χ3n) is 4.13. The fourth-order valence-corrected chi connectivity index (χ4v) is 2.88. The molecule has 1 aromatic heterocycles. The first-order chi connectivity index (χ1) is 13.2. The van der Waals surface area contributed by atoms with Gasteiger partial charge in [-0.25, -0.2) is 9.78 Å². The van der Waals surface area contributed by atoms with Crippen LogP contribution in [0.15, 0.2) is 54.6 Å². The Labute approximate surface area is 164 Å². The number of para-hydroxylation sites is 1. The van der Waals surface area contributed by atoms with Gasteiger partial charge in [0.25, 0.3) is 5.91 Å². The van der Waals surface area contributed by atoms with Gasteiger partial charge in [-0.3, -0.25) is 4.79 Å². The minimum absolute atomic E-state index is 0.327. The summed E-state index contributed by atoms with van der Waals surface area (Å²) in [4.78, 5) is 29.4. The van der Waals surface area contributed by atoms with E-state index in [2.05, 4.69) is 10.3 Å². The van der Waals surface area contributed by atoms with E-state index in [9.17, 15) is 9.59 Å². The second-order valence-corrected chi connectivity index (χ2v) is 7.81. The third kappa shape index (κ3) is 4.74. The summed E-state index contributed by atoms with van der Waals surface area (Å²) in [6, 6.07) is 17.1. The van der Waals surface area contributed by atoms with Crippen LogP contribution in [0.3, 0.4) is 0 Å². The largest absolute Gasteiger partial charge is 0.452 e. The number of pyridine rings is 1. The van der Waals surface area contributed by atoms with Gasteiger partial charge in [-0.1, -0.05) is 48.0 Å². The smallest absolute Gasteiger partial charge is 0.339 e. The lowest BCUT2D eigenvalue weighted by Gasteiger charge is -2.20. The van der Waals surface area contributed by atoms with Crippen LogP contribution in [0.2, 0.25) is 0 Å².